The van der Waals surface area contributed by atoms with Gasteiger partial charge in [0.25, 0.3) is 0 Å². The number of hydrogen-bond donors (Lipinski definition) is 5. The third kappa shape index (κ3) is 11.7. The van der Waals surface area contributed by atoms with Gasteiger partial charge in [-0.05, 0) is 109 Å². The van der Waals surface area contributed by atoms with Crippen LogP contribution < -0.4 is 0 Å². The number of fused-ring (bicyclic) bond motifs is 21. The van der Waals surface area contributed by atoms with Gasteiger partial charge in [-0.15, -0.1) is 0 Å². The average molecular weight is 1660 g/mol. The summed E-state index contributed by atoms with van der Waals surface area (Å²) in [6.45, 7) is 0. The lowest BCUT2D eigenvalue weighted by Crippen LogP contribution is -2.05. The van der Waals surface area contributed by atoms with E-state index in [1.165, 1.54) is 0 Å². The van der Waals surface area contributed by atoms with Gasteiger partial charge in [0.1, 0.15) is 0 Å². The first-order chi connectivity index (χ1) is 55.5. The first-order valence-corrected chi connectivity index (χ1v) is 32.4. The number of nitrogens with zero attached hydrogens (tertiary/aromatic N) is 4. The maximum Gasteiger partial charge on any atom is 0.200 e. The predicted molar refractivity (Wildman–Crippen MR) is 361 cm³/mol. The molecular weight excluding hydrogens is 1630 g/mol. The van der Waals surface area contributed by atoms with Crippen molar-refractivity contribution in [2.75, 3.05) is 0 Å². The lowest BCUT2D eigenvalue weighted by Gasteiger charge is -2.11. The van der Waals surface area contributed by atoms with Crippen LogP contribution in [0.1, 0.15) is 45.6 Å². The molecule has 117 heavy (non-hydrogen) atoms. The summed E-state index contributed by atoms with van der Waals surface area (Å²) in [5.74, 6) is -80.9. The number of aromatic nitrogens is 9. The molecule has 0 saturated heterocycles. The first kappa shape index (κ1) is 76.9. The highest BCUT2D eigenvalue weighted by atomic mass is 19.2. The second-order valence-corrected chi connectivity index (χ2v) is 25.2. The molecule has 10 heterocycles. The molecule has 0 amide bonds. The summed E-state index contributed by atoms with van der Waals surface area (Å²) in [5, 5.41) is 0. The SMILES string of the molecule is Fc1c(F)c(F)c(-c2c3nc(c(-c4c(F)c(F)c(F)c(F)c4F)c4ccc([nH]4)c4nc(c(-c5c(F)c(F)c(F)c(F)c5F)c5ccc([nH]5)c(-c5c(F)c(F)c(F)c(F)c5F)c5ccc([nH]5)c5nc(c(-c6c(F)c(F)c(F)c(F)c6F)c6ccc([nH]6)c(-c6c(F)c(F)c(F)c(F)c6F)c6nc(c7ccc2[nH]7)C=C6)C=C5)C=C4)C=C3)c(F)c1F. The number of aromatic amines is 5. The monoisotopic (exact) mass is 1660 g/mol. The molecule has 4 aliphatic rings. The molecule has 590 valence electrons. The second-order valence-electron chi connectivity index (χ2n) is 25.2. The zero-order valence-corrected chi connectivity index (χ0v) is 56.0. The Morgan fingerprint density at radius 3 is 0.402 bits per heavy atom. The largest absolute Gasteiger partial charge is 0.354 e. The van der Waals surface area contributed by atoms with Crippen LogP contribution in [-0.4, -0.2) is 44.9 Å². The molecule has 0 atom stereocenters. The highest BCUT2D eigenvalue weighted by Gasteiger charge is 2.38. The Labute approximate surface area is 625 Å². The molecule has 0 saturated carbocycles. The van der Waals surface area contributed by atoms with Crippen molar-refractivity contribution in [2.45, 2.75) is 0 Å². The van der Waals surface area contributed by atoms with Gasteiger partial charge in [-0.3, -0.25) is 0 Å². The fourth-order valence-corrected chi connectivity index (χ4v) is 13.4. The molecule has 5 N–H and O–H groups in total. The van der Waals surface area contributed by atoms with Gasteiger partial charge >= 0.3 is 0 Å². The van der Waals surface area contributed by atoms with Crippen LogP contribution in [0.2, 0.25) is 0 Å². The van der Waals surface area contributed by atoms with Crippen molar-refractivity contribution in [3.05, 3.63) is 281 Å². The molecular formula is C78H23F30N9. The van der Waals surface area contributed by atoms with Crippen molar-refractivity contribution in [3.63, 3.8) is 0 Å². The van der Waals surface area contributed by atoms with Gasteiger partial charge in [0.15, 0.2) is 140 Å². The summed E-state index contributed by atoms with van der Waals surface area (Å²) < 4.78 is 473. The third-order valence-corrected chi connectivity index (χ3v) is 18.7. The number of rotatable bonds is 6. The fraction of sp³-hybridized carbons (Fsp3) is 0. The maximum atomic E-state index is 16.5. The Hall–Kier alpha value is -14.0. The number of benzene rings is 6. The first-order valence-electron chi connectivity index (χ1n) is 32.4. The molecule has 0 spiro atoms. The van der Waals surface area contributed by atoms with E-state index < -0.39 is 342 Å². The van der Waals surface area contributed by atoms with Crippen LogP contribution in [0.3, 0.4) is 0 Å². The Morgan fingerprint density at radius 2 is 0.231 bits per heavy atom. The van der Waals surface area contributed by atoms with E-state index in [0.717, 1.165) is 72.9 Å². The predicted octanol–water partition coefficient (Wildman–Crippen LogP) is 24.0. The zero-order chi connectivity index (χ0) is 83.7. The number of H-pyrrole nitrogens is 5. The minimum absolute atomic E-state index is 0.543. The van der Waals surface area contributed by atoms with Crippen molar-refractivity contribution < 1.29 is 132 Å². The van der Waals surface area contributed by atoms with Gasteiger partial charge in [-0.2, -0.15) is 0 Å². The second kappa shape index (κ2) is 27.9. The van der Waals surface area contributed by atoms with Crippen LogP contribution in [0.25, 0.3) is 171 Å². The molecule has 9 nitrogen and oxygen atoms in total. The van der Waals surface area contributed by atoms with Crippen molar-refractivity contribution in [1.82, 2.24) is 44.9 Å². The van der Waals surface area contributed by atoms with E-state index in [2.05, 4.69) is 44.9 Å². The average Bonchev–Trinajstić information content (AvgIpc) is 1.35. The van der Waals surface area contributed by atoms with Crippen molar-refractivity contribution in [1.29, 1.82) is 0 Å². The molecule has 18 bridgehead atoms. The molecule has 12 aromatic rings. The van der Waals surface area contributed by atoms with E-state index in [-0.39, 0.29) is 0 Å². The van der Waals surface area contributed by atoms with Gasteiger partial charge in [0, 0.05) is 72.0 Å². The summed E-state index contributed by atoms with van der Waals surface area (Å²) in [5.41, 5.74) is -34.1. The van der Waals surface area contributed by atoms with E-state index in [0.29, 0.717) is 36.4 Å². The topological polar surface area (TPSA) is 131 Å². The van der Waals surface area contributed by atoms with Crippen LogP contribution in [-0.2, 0) is 0 Å². The molecule has 0 radical (unpaired) electrons. The fourth-order valence-electron chi connectivity index (χ4n) is 13.4. The van der Waals surface area contributed by atoms with Gasteiger partial charge in [0.2, 0.25) is 34.9 Å². The Kier molecular flexibility index (Phi) is 18.4. The minimum Gasteiger partial charge on any atom is -0.354 e. The molecule has 39 heteroatoms. The highest BCUT2D eigenvalue weighted by molar-refractivity contribution is 6.02. The Morgan fingerprint density at radius 1 is 0.120 bits per heavy atom. The Balaban J connectivity index is 1.11. The van der Waals surface area contributed by atoms with Crippen molar-refractivity contribution in [2.24, 2.45) is 0 Å². The normalized spacial score (nSPS) is 12.4. The van der Waals surface area contributed by atoms with Crippen LogP contribution >= 0.6 is 0 Å². The smallest absolute Gasteiger partial charge is 0.200 e. The van der Waals surface area contributed by atoms with Gasteiger partial charge in [0.05, 0.1) is 95.5 Å². The molecule has 6 aromatic heterocycles. The van der Waals surface area contributed by atoms with Crippen LogP contribution in [0.15, 0.2) is 60.7 Å². The van der Waals surface area contributed by atoms with E-state index in [1.807, 2.05) is 0 Å². The maximum absolute atomic E-state index is 16.5. The number of hydrogen-bond acceptors (Lipinski definition) is 4. The molecule has 0 aliphatic carbocycles. The summed E-state index contributed by atoms with van der Waals surface area (Å²) >= 11 is 0. The lowest BCUT2D eigenvalue weighted by molar-refractivity contribution is 0.381. The van der Waals surface area contributed by atoms with E-state index >= 15 is 105 Å². The molecule has 4 aliphatic heterocycles. The molecule has 0 unspecified atom stereocenters. The third-order valence-electron chi connectivity index (χ3n) is 18.7. The van der Waals surface area contributed by atoms with Gasteiger partial charge in [-0.1, -0.05) is 0 Å². The summed E-state index contributed by atoms with van der Waals surface area (Å²) in [4.78, 5) is 28.8. The van der Waals surface area contributed by atoms with Crippen LogP contribution in [0, 0.1) is 175 Å². The van der Waals surface area contributed by atoms with Crippen molar-refractivity contribution in [3.8, 4) is 66.8 Å². The standard InChI is InChI=1S/C78H23F30N9/c79-49-43(50(80)62(92)73(103)61(49)91)37-25-7-1-19(109-25)20-2-8-26(110-20)38(44-51(81)63(93)74(104)64(94)52(44)82)32-15-16-34(116-32)40(46-55(85)67(97)76(106)68(98)56(46)86)28-10-4-23(112-28)24-6-12-30(114-24)42(48-59(89)71(101)78(108)72(102)60(48)90)36-18-17-35(117-36)41(47-57(87)69(99)77(107)70(100)58(47)88)29-11-5-22(113-29)21-3-9-27(111-21)39(33-14-13-31(37)115-33)45-53(83)65(95)75(105)66(96)54(45)84/h1-18,109,111-112,116-117H. The van der Waals surface area contributed by atoms with Crippen LogP contribution in [0.4, 0.5) is 132 Å². The van der Waals surface area contributed by atoms with Gasteiger partial charge < -0.3 is 24.9 Å². The quantitative estimate of drug-likeness (QED) is 0.0645. The van der Waals surface area contributed by atoms with E-state index in [1.54, 1.807) is 0 Å². The number of halogens is 30. The molecule has 6 aromatic carbocycles. The summed E-state index contributed by atoms with van der Waals surface area (Å²) in [6.07, 6.45) is 5.90. The highest BCUT2D eigenvalue weighted by Crippen LogP contribution is 2.47. The van der Waals surface area contributed by atoms with Crippen LogP contribution in [0.5, 0.6) is 0 Å². The van der Waals surface area contributed by atoms with E-state index in [9.17, 15) is 26.3 Å². The van der Waals surface area contributed by atoms with E-state index in [4.69, 9.17) is 0 Å². The minimum atomic E-state index is -2.79. The lowest BCUT2D eigenvalue weighted by atomic mass is 10.0. The Bertz CT molecular complexity index is 7050. The summed E-state index contributed by atoms with van der Waals surface area (Å²) in [7, 11) is 0. The molecule has 16 rings (SSSR count). The van der Waals surface area contributed by atoms with Crippen molar-refractivity contribution >= 4 is 104 Å². The van der Waals surface area contributed by atoms with Gasteiger partial charge in [-0.25, -0.2) is 152 Å². The molecule has 0 fully saturated rings. The number of nitrogens with one attached hydrogen (secondary N) is 5. The summed E-state index contributed by atoms with van der Waals surface area (Å²) in [6, 6.07) is 7.38. The zero-order valence-electron chi connectivity index (χ0n) is 56.0.